The highest BCUT2D eigenvalue weighted by atomic mass is 32.2. The van der Waals surface area contributed by atoms with Gasteiger partial charge in [0.2, 0.25) is 5.91 Å². The first-order valence-corrected chi connectivity index (χ1v) is 10.6. The Kier molecular flexibility index (Phi) is 5.61. The van der Waals surface area contributed by atoms with Crippen LogP contribution in [0.15, 0.2) is 24.3 Å². The minimum atomic E-state index is -2.95. The van der Waals surface area contributed by atoms with E-state index in [-0.39, 0.29) is 35.1 Å². The van der Waals surface area contributed by atoms with Crippen LogP contribution in [0, 0.1) is 17.7 Å². The molecule has 2 heterocycles. The Hall–Kier alpha value is -1.63. The van der Waals surface area contributed by atoms with Crippen LogP contribution in [0.4, 0.5) is 4.39 Å². The lowest BCUT2D eigenvalue weighted by molar-refractivity contribution is -0.137. The van der Waals surface area contributed by atoms with E-state index >= 15 is 0 Å². The highest BCUT2D eigenvalue weighted by molar-refractivity contribution is 7.91. The van der Waals surface area contributed by atoms with Gasteiger partial charge >= 0.3 is 0 Å². The van der Waals surface area contributed by atoms with Gasteiger partial charge in [-0.3, -0.25) is 4.79 Å². The van der Waals surface area contributed by atoms with Crippen molar-refractivity contribution in [2.45, 2.75) is 25.7 Å². The molecular weight excluding hydrogens is 345 g/mol. The topological polar surface area (TPSA) is 63.7 Å². The Morgan fingerprint density at radius 3 is 2.52 bits per heavy atom. The number of sulfone groups is 1. The van der Waals surface area contributed by atoms with E-state index in [2.05, 4.69) is 0 Å². The molecule has 0 aliphatic carbocycles. The van der Waals surface area contributed by atoms with Crippen LogP contribution < -0.4 is 4.74 Å². The molecule has 0 N–H and O–H groups in total. The molecule has 138 valence electrons. The quantitative estimate of drug-likeness (QED) is 0.817. The molecule has 2 fully saturated rings. The number of benzene rings is 1. The van der Waals surface area contributed by atoms with Crippen molar-refractivity contribution in [2.75, 3.05) is 31.2 Å². The molecule has 0 aromatic heterocycles. The smallest absolute Gasteiger partial charge is 0.225 e. The Morgan fingerprint density at radius 2 is 1.84 bits per heavy atom. The summed E-state index contributed by atoms with van der Waals surface area (Å²) in [6, 6.07) is 5.93. The Balaban J connectivity index is 1.50. The van der Waals surface area contributed by atoms with Gasteiger partial charge in [-0.05, 0) is 49.9 Å². The molecular formula is C18H24FNO4S. The molecule has 2 saturated heterocycles. The number of likely N-dealkylation sites (tertiary alicyclic amines) is 1. The van der Waals surface area contributed by atoms with Crippen LogP contribution in [0.5, 0.6) is 5.75 Å². The third-order valence-electron chi connectivity index (χ3n) is 5.03. The van der Waals surface area contributed by atoms with Crippen molar-refractivity contribution in [1.82, 2.24) is 4.90 Å². The molecule has 2 aliphatic rings. The average molecular weight is 369 g/mol. The van der Waals surface area contributed by atoms with E-state index < -0.39 is 9.84 Å². The van der Waals surface area contributed by atoms with Crippen LogP contribution in [0.3, 0.4) is 0 Å². The number of carbonyl (C=O) groups is 1. The molecule has 5 nitrogen and oxygen atoms in total. The van der Waals surface area contributed by atoms with E-state index in [0.29, 0.717) is 31.7 Å². The normalized spacial score (nSPS) is 24.0. The van der Waals surface area contributed by atoms with Gasteiger partial charge in [0.1, 0.15) is 21.4 Å². The number of halogens is 1. The minimum absolute atomic E-state index is 0.0846. The first kappa shape index (κ1) is 18.2. The lowest BCUT2D eigenvalue weighted by atomic mass is 9.95. The summed E-state index contributed by atoms with van der Waals surface area (Å²) in [6.07, 6.45) is 2.79. The molecule has 0 bridgehead atoms. The second-order valence-electron chi connectivity index (χ2n) is 6.98. The molecule has 0 unspecified atom stereocenters. The van der Waals surface area contributed by atoms with E-state index in [0.717, 1.165) is 19.4 Å². The second-order valence-corrected chi connectivity index (χ2v) is 9.29. The lowest BCUT2D eigenvalue weighted by Gasteiger charge is -2.35. The van der Waals surface area contributed by atoms with Crippen LogP contribution in [0.1, 0.15) is 25.7 Å². The van der Waals surface area contributed by atoms with Gasteiger partial charge in [0.05, 0.1) is 18.1 Å². The monoisotopic (exact) mass is 369 g/mol. The predicted octanol–water partition coefficient (Wildman–Crippen LogP) is 2.27. The van der Waals surface area contributed by atoms with Gasteiger partial charge in [-0.2, -0.15) is 0 Å². The van der Waals surface area contributed by atoms with Crippen LogP contribution in [-0.2, 0) is 14.6 Å². The molecule has 1 atom stereocenters. The Labute approximate surface area is 148 Å². The molecule has 2 aliphatic heterocycles. The largest absolute Gasteiger partial charge is 0.493 e. The maximum atomic E-state index is 12.9. The number of hydrogen-bond acceptors (Lipinski definition) is 4. The number of carbonyl (C=O) groups excluding carboxylic acids is 1. The standard InChI is InChI=1S/C18H24FNO4S/c19-16-3-5-17(6-4-16)24-13-14-2-1-9-20(12-14)18(21)15-7-10-25(22,23)11-8-15/h3-6,14-15H,1-2,7-13H2/t14-/m1/s1. The predicted molar refractivity (Wildman–Crippen MR) is 92.6 cm³/mol. The fraction of sp³-hybridized carbons (Fsp3) is 0.611. The molecule has 3 rings (SSSR count). The van der Waals surface area contributed by atoms with Gasteiger partial charge in [-0.25, -0.2) is 12.8 Å². The molecule has 7 heteroatoms. The van der Waals surface area contributed by atoms with Gasteiger partial charge < -0.3 is 9.64 Å². The zero-order valence-electron chi connectivity index (χ0n) is 14.2. The van der Waals surface area contributed by atoms with Crippen molar-refractivity contribution in [2.24, 2.45) is 11.8 Å². The molecule has 0 spiro atoms. The third-order valence-corrected chi connectivity index (χ3v) is 6.75. The second kappa shape index (κ2) is 7.72. The van der Waals surface area contributed by atoms with Crippen molar-refractivity contribution < 1.29 is 22.3 Å². The maximum absolute atomic E-state index is 12.9. The Morgan fingerprint density at radius 1 is 1.16 bits per heavy atom. The van der Waals surface area contributed by atoms with Gasteiger partial charge in [0.15, 0.2) is 0 Å². The summed E-state index contributed by atoms with van der Waals surface area (Å²) < 4.78 is 41.7. The van der Waals surface area contributed by atoms with Crippen molar-refractivity contribution >= 4 is 15.7 Å². The van der Waals surface area contributed by atoms with E-state index in [1.54, 1.807) is 12.1 Å². The summed E-state index contributed by atoms with van der Waals surface area (Å²) in [5.41, 5.74) is 0. The summed E-state index contributed by atoms with van der Waals surface area (Å²) >= 11 is 0. The van der Waals surface area contributed by atoms with Gasteiger partial charge in [0, 0.05) is 24.9 Å². The van der Waals surface area contributed by atoms with Gasteiger partial charge in [0.25, 0.3) is 0 Å². The number of ether oxygens (including phenoxy) is 1. The maximum Gasteiger partial charge on any atom is 0.225 e. The molecule has 1 aromatic rings. The van der Waals surface area contributed by atoms with Crippen molar-refractivity contribution in [3.63, 3.8) is 0 Å². The van der Waals surface area contributed by atoms with Gasteiger partial charge in [-0.1, -0.05) is 0 Å². The van der Waals surface area contributed by atoms with Crippen molar-refractivity contribution in [1.29, 1.82) is 0 Å². The fourth-order valence-electron chi connectivity index (χ4n) is 3.54. The molecule has 25 heavy (non-hydrogen) atoms. The van der Waals surface area contributed by atoms with Crippen molar-refractivity contribution in [3.05, 3.63) is 30.1 Å². The number of piperidine rings is 1. The fourth-order valence-corrected chi connectivity index (χ4v) is 5.03. The number of nitrogens with zero attached hydrogens (tertiary/aromatic N) is 1. The molecule has 1 amide bonds. The summed E-state index contributed by atoms with van der Waals surface area (Å²) in [5.74, 6) is 0.735. The summed E-state index contributed by atoms with van der Waals surface area (Å²) in [6.45, 7) is 1.87. The highest BCUT2D eigenvalue weighted by Gasteiger charge is 2.33. The van der Waals surface area contributed by atoms with E-state index in [9.17, 15) is 17.6 Å². The van der Waals surface area contributed by atoms with E-state index in [4.69, 9.17) is 4.74 Å². The lowest BCUT2D eigenvalue weighted by Crippen LogP contribution is -2.45. The first-order chi connectivity index (χ1) is 11.9. The van der Waals surface area contributed by atoms with Crippen molar-refractivity contribution in [3.8, 4) is 5.75 Å². The van der Waals surface area contributed by atoms with Crippen LogP contribution in [0.2, 0.25) is 0 Å². The third kappa shape index (κ3) is 4.93. The number of hydrogen-bond donors (Lipinski definition) is 0. The average Bonchev–Trinajstić information content (AvgIpc) is 2.61. The summed E-state index contributed by atoms with van der Waals surface area (Å²) in [5, 5.41) is 0. The zero-order chi connectivity index (χ0) is 17.9. The van der Waals surface area contributed by atoms with Crippen LogP contribution in [0.25, 0.3) is 0 Å². The Bertz CT molecular complexity index is 690. The highest BCUT2D eigenvalue weighted by Crippen LogP contribution is 2.25. The zero-order valence-corrected chi connectivity index (χ0v) is 15.0. The van der Waals surface area contributed by atoms with E-state index in [1.807, 2.05) is 4.90 Å². The minimum Gasteiger partial charge on any atom is -0.493 e. The van der Waals surface area contributed by atoms with Gasteiger partial charge in [-0.15, -0.1) is 0 Å². The number of amides is 1. The molecule has 1 aromatic carbocycles. The van der Waals surface area contributed by atoms with Crippen LogP contribution >= 0.6 is 0 Å². The van der Waals surface area contributed by atoms with Crippen LogP contribution in [-0.4, -0.2) is 50.4 Å². The summed E-state index contributed by atoms with van der Waals surface area (Å²) in [7, 11) is -2.95. The molecule has 0 saturated carbocycles. The summed E-state index contributed by atoms with van der Waals surface area (Å²) in [4.78, 5) is 14.5. The molecule has 0 radical (unpaired) electrons. The SMILES string of the molecule is O=C(C1CCS(=O)(=O)CC1)N1CCC[C@@H](COc2ccc(F)cc2)C1. The van der Waals surface area contributed by atoms with E-state index in [1.165, 1.54) is 12.1 Å². The first-order valence-electron chi connectivity index (χ1n) is 8.80. The number of rotatable bonds is 4.